The highest BCUT2D eigenvalue weighted by Crippen LogP contribution is 2.38. The van der Waals surface area contributed by atoms with Gasteiger partial charge in [0, 0.05) is 12.1 Å². The lowest BCUT2D eigenvalue weighted by atomic mass is 9.94. The van der Waals surface area contributed by atoms with E-state index in [1.165, 1.54) is 7.05 Å². The van der Waals surface area contributed by atoms with E-state index in [9.17, 15) is 8.42 Å². The molecule has 6 nitrogen and oxygen atoms in total. The number of rotatable bonds is 4. The van der Waals surface area contributed by atoms with Crippen molar-refractivity contribution in [2.75, 3.05) is 13.7 Å². The lowest BCUT2D eigenvalue weighted by Crippen LogP contribution is -2.39. The smallest absolute Gasteiger partial charge is 0.242 e. The highest BCUT2D eigenvalue weighted by molar-refractivity contribution is 7.99. The van der Waals surface area contributed by atoms with Gasteiger partial charge in [-0.25, -0.2) is 13.1 Å². The van der Waals surface area contributed by atoms with Crippen LogP contribution in [0.2, 0.25) is 5.02 Å². The van der Waals surface area contributed by atoms with Gasteiger partial charge >= 0.3 is 0 Å². The molecule has 0 radical (unpaired) electrons. The molecule has 0 saturated carbocycles. The number of sulfonamides is 1. The van der Waals surface area contributed by atoms with Crippen LogP contribution in [-0.4, -0.2) is 38.0 Å². The highest BCUT2D eigenvalue weighted by Gasteiger charge is 2.43. The predicted octanol–water partition coefficient (Wildman–Crippen LogP) is 2.02. The SMILES string of the molecule is CN(O)OCC1=C(c2ccc(Cl)cc2)S(=O)(=O)NC1(C)C. The molecule has 0 aromatic heterocycles. The van der Waals surface area contributed by atoms with Crippen molar-refractivity contribution in [1.29, 1.82) is 0 Å². The van der Waals surface area contributed by atoms with Crippen LogP contribution in [0.5, 0.6) is 0 Å². The van der Waals surface area contributed by atoms with Crippen molar-refractivity contribution in [3.8, 4) is 0 Å². The van der Waals surface area contributed by atoms with Crippen molar-refractivity contribution >= 4 is 26.5 Å². The minimum absolute atomic E-state index is 0.0514. The Kier molecular flexibility index (Phi) is 4.44. The Morgan fingerprint density at radius 1 is 1.33 bits per heavy atom. The molecule has 0 fully saturated rings. The second kappa shape index (κ2) is 5.68. The summed E-state index contributed by atoms with van der Waals surface area (Å²) in [4.78, 5) is 5.19. The topological polar surface area (TPSA) is 78.9 Å². The highest BCUT2D eigenvalue weighted by atomic mass is 35.5. The van der Waals surface area contributed by atoms with Crippen LogP contribution in [0.15, 0.2) is 29.8 Å². The van der Waals surface area contributed by atoms with E-state index in [1.807, 2.05) is 0 Å². The van der Waals surface area contributed by atoms with E-state index in [4.69, 9.17) is 21.6 Å². The molecule has 1 aliphatic heterocycles. The van der Waals surface area contributed by atoms with Gasteiger partial charge in [-0.05, 0) is 37.1 Å². The van der Waals surface area contributed by atoms with Gasteiger partial charge in [-0.2, -0.15) is 0 Å². The molecule has 0 atom stereocenters. The lowest BCUT2D eigenvalue weighted by Gasteiger charge is -2.22. The zero-order valence-electron chi connectivity index (χ0n) is 11.9. The minimum Gasteiger partial charge on any atom is -0.290 e. The van der Waals surface area contributed by atoms with Crippen LogP contribution in [0.3, 0.4) is 0 Å². The van der Waals surface area contributed by atoms with Crippen LogP contribution in [0.25, 0.3) is 4.91 Å². The number of nitrogens with one attached hydrogen (secondary N) is 1. The monoisotopic (exact) mass is 332 g/mol. The molecule has 2 rings (SSSR count). The molecule has 2 N–H and O–H groups in total. The van der Waals surface area contributed by atoms with E-state index in [2.05, 4.69) is 4.72 Å². The molecule has 8 heteroatoms. The summed E-state index contributed by atoms with van der Waals surface area (Å²) in [7, 11) is -2.34. The third-order valence-corrected chi connectivity index (χ3v) is 5.24. The molecule has 0 bridgehead atoms. The summed E-state index contributed by atoms with van der Waals surface area (Å²) in [5.41, 5.74) is 0.256. The first-order chi connectivity index (χ1) is 9.63. The maximum absolute atomic E-state index is 12.4. The number of nitrogens with zero attached hydrogens (tertiary/aromatic N) is 1. The maximum atomic E-state index is 12.4. The second-order valence-electron chi connectivity index (χ2n) is 5.28. The summed E-state index contributed by atoms with van der Waals surface area (Å²) in [6, 6.07) is 6.53. The van der Waals surface area contributed by atoms with E-state index in [-0.39, 0.29) is 11.5 Å². The number of hydrogen-bond donors (Lipinski definition) is 2. The molecular weight excluding hydrogens is 316 g/mol. The first-order valence-electron chi connectivity index (χ1n) is 6.22. The Morgan fingerprint density at radius 2 is 1.90 bits per heavy atom. The van der Waals surface area contributed by atoms with Crippen LogP contribution in [0, 0.1) is 0 Å². The fourth-order valence-electron chi connectivity index (χ4n) is 2.23. The minimum atomic E-state index is -3.65. The fraction of sp³-hybridized carbons (Fsp3) is 0.385. The van der Waals surface area contributed by atoms with Crippen molar-refractivity contribution in [2.24, 2.45) is 0 Å². The average Bonchev–Trinajstić information content (AvgIpc) is 2.52. The van der Waals surface area contributed by atoms with Crippen molar-refractivity contribution < 1.29 is 18.5 Å². The van der Waals surface area contributed by atoms with Crippen LogP contribution < -0.4 is 4.72 Å². The molecule has 116 valence electrons. The third kappa shape index (κ3) is 3.45. The van der Waals surface area contributed by atoms with E-state index < -0.39 is 15.6 Å². The van der Waals surface area contributed by atoms with Crippen molar-refractivity contribution in [3.05, 3.63) is 40.4 Å². The van der Waals surface area contributed by atoms with E-state index >= 15 is 0 Å². The van der Waals surface area contributed by atoms with Crippen molar-refractivity contribution in [1.82, 2.24) is 9.95 Å². The van der Waals surface area contributed by atoms with Gasteiger partial charge in [0.15, 0.2) is 0 Å². The maximum Gasteiger partial charge on any atom is 0.242 e. The predicted molar refractivity (Wildman–Crippen MR) is 80.0 cm³/mol. The Bertz CT molecular complexity index is 666. The standard InChI is InChI=1S/C13H17ClN2O4S/c1-13(2)11(8-20-16(3)17)12(21(18,19)15-13)9-4-6-10(14)7-5-9/h4-7,15,17H,8H2,1-3H3. The quantitative estimate of drug-likeness (QED) is 0.825. The lowest BCUT2D eigenvalue weighted by molar-refractivity contribution is -0.319. The molecule has 0 aliphatic carbocycles. The summed E-state index contributed by atoms with van der Waals surface area (Å²) in [5.74, 6) is 0. The summed E-state index contributed by atoms with van der Waals surface area (Å²) in [6.45, 7) is 3.43. The van der Waals surface area contributed by atoms with Gasteiger partial charge in [-0.1, -0.05) is 29.0 Å². The summed E-state index contributed by atoms with van der Waals surface area (Å²) >= 11 is 5.84. The third-order valence-electron chi connectivity index (χ3n) is 3.19. The molecule has 21 heavy (non-hydrogen) atoms. The van der Waals surface area contributed by atoms with Crippen molar-refractivity contribution in [3.63, 3.8) is 0 Å². The van der Waals surface area contributed by atoms with Gasteiger partial charge in [0.2, 0.25) is 10.0 Å². The van der Waals surface area contributed by atoms with Crippen molar-refractivity contribution in [2.45, 2.75) is 19.4 Å². The summed E-state index contributed by atoms with van der Waals surface area (Å²) in [6.07, 6.45) is 0. The van der Waals surface area contributed by atoms with Gasteiger partial charge in [0.1, 0.15) is 0 Å². The first-order valence-corrected chi connectivity index (χ1v) is 8.09. The molecule has 0 amide bonds. The molecule has 0 spiro atoms. The second-order valence-corrected chi connectivity index (χ2v) is 7.34. The van der Waals surface area contributed by atoms with E-state index in [0.29, 0.717) is 21.4 Å². The largest absolute Gasteiger partial charge is 0.290 e. The Hall–Kier alpha value is -0.960. The van der Waals surface area contributed by atoms with Gasteiger partial charge in [0.05, 0.1) is 17.1 Å². The van der Waals surface area contributed by atoms with Gasteiger partial charge in [-0.3, -0.25) is 10.0 Å². The molecule has 1 heterocycles. The first kappa shape index (κ1) is 16.4. The van der Waals surface area contributed by atoms with Crippen LogP contribution in [-0.2, 0) is 14.9 Å². The molecule has 1 aromatic carbocycles. The molecule has 0 unspecified atom stereocenters. The van der Waals surface area contributed by atoms with Gasteiger partial charge in [0.25, 0.3) is 0 Å². The summed E-state index contributed by atoms with van der Waals surface area (Å²) < 4.78 is 27.4. The normalized spacial score (nSPS) is 20.3. The van der Waals surface area contributed by atoms with Gasteiger partial charge < -0.3 is 0 Å². The van der Waals surface area contributed by atoms with E-state index in [0.717, 1.165) is 0 Å². The van der Waals surface area contributed by atoms with Crippen LogP contribution >= 0.6 is 11.6 Å². The number of benzene rings is 1. The Morgan fingerprint density at radius 3 is 2.43 bits per heavy atom. The zero-order valence-corrected chi connectivity index (χ0v) is 13.5. The van der Waals surface area contributed by atoms with Crippen LogP contribution in [0.1, 0.15) is 19.4 Å². The molecule has 1 aliphatic rings. The molecule has 1 aromatic rings. The fourth-order valence-corrected chi connectivity index (χ4v) is 4.34. The molecule has 0 saturated heterocycles. The van der Waals surface area contributed by atoms with Gasteiger partial charge in [-0.15, -0.1) is 0 Å². The van der Waals surface area contributed by atoms with E-state index in [1.54, 1.807) is 38.1 Å². The Labute approximate surface area is 128 Å². The number of hydroxylamine groups is 2. The number of halogens is 1. The summed E-state index contributed by atoms with van der Waals surface area (Å²) in [5, 5.41) is 10.2. The van der Waals surface area contributed by atoms with Crippen LogP contribution in [0.4, 0.5) is 0 Å². The molecular formula is C13H17ClN2O4S. The number of hydrogen-bond acceptors (Lipinski definition) is 5. The average molecular weight is 333 g/mol. The Balaban J connectivity index is 2.56. The zero-order chi connectivity index (χ0) is 15.8.